The highest BCUT2D eigenvalue weighted by Crippen LogP contribution is 2.13. The normalized spacial score (nSPS) is 11.8. The standard InChI is InChI=1S/C21H27NO4/c1-2-18(23)14-17-8-10-21(11-9-17)25-13-12-22-15-19(24)16-26-20-6-4-3-5-7-20/h3-11,19,22,24H,2,12-16H2,1H3/t19-/m0/s1. The van der Waals surface area contributed by atoms with Crippen molar-refractivity contribution in [3.05, 3.63) is 60.2 Å². The fourth-order valence-electron chi connectivity index (χ4n) is 2.33. The van der Waals surface area contributed by atoms with Gasteiger partial charge in [-0.25, -0.2) is 0 Å². The second kappa shape index (κ2) is 11.3. The predicted molar refractivity (Wildman–Crippen MR) is 102 cm³/mol. The molecular weight excluding hydrogens is 330 g/mol. The maximum Gasteiger partial charge on any atom is 0.136 e. The van der Waals surface area contributed by atoms with E-state index >= 15 is 0 Å². The van der Waals surface area contributed by atoms with Crippen LogP contribution < -0.4 is 14.8 Å². The molecule has 5 heteroatoms. The van der Waals surface area contributed by atoms with Gasteiger partial charge in [0.25, 0.3) is 0 Å². The molecule has 0 radical (unpaired) electrons. The van der Waals surface area contributed by atoms with Crippen molar-refractivity contribution in [2.75, 3.05) is 26.3 Å². The zero-order chi connectivity index (χ0) is 18.6. The molecule has 0 bridgehead atoms. The number of rotatable bonds is 12. The van der Waals surface area contributed by atoms with Gasteiger partial charge in [0.2, 0.25) is 0 Å². The number of aliphatic hydroxyl groups is 1. The Morgan fingerprint density at radius 3 is 2.42 bits per heavy atom. The highest BCUT2D eigenvalue weighted by atomic mass is 16.5. The van der Waals surface area contributed by atoms with Gasteiger partial charge >= 0.3 is 0 Å². The SMILES string of the molecule is CCC(=O)Cc1ccc(OCCNC[C@H](O)COc2ccccc2)cc1. The first kappa shape index (κ1) is 19.9. The number of carbonyl (C=O) groups is 1. The summed E-state index contributed by atoms with van der Waals surface area (Å²) >= 11 is 0. The Morgan fingerprint density at radius 2 is 1.73 bits per heavy atom. The number of hydrogen-bond donors (Lipinski definition) is 2. The number of aliphatic hydroxyl groups excluding tert-OH is 1. The Labute approximate surface area is 155 Å². The van der Waals surface area contributed by atoms with Crippen molar-refractivity contribution in [2.45, 2.75) is 25.9 Å². The van der Waals surface area contributed by atoms with Crippen LogP contribution in [-0.2, 0) is 11.2 Å². The van der Waals surface area contributed by atoms with Crippen molar-refractivity contribution in [3.8, 4) is 11.5 Å². The molecule has 0 spiro atoms. The lowest BCUT2D eigenvalue weighted by Gasteiger charge is -2.13. The van der Waals surface area contributed by atoms with E-state index in [-0.39, 0.29) is 12.4 Å². The van der Waals surface area contributed by atoms with Crippen molar-refractivity contribution < 1.29 is 19.4 Å². The Morgan fingerprint density at radius 1 is 1.04 bits per heavy atom. The molecule has 0 saturated heterocycles. The number of carbonyl (C=O) groups excluding carboxylic acids is 1. The van der Waals surface area contributed by atoms with Gasteiger partial charge in [-0.2, -0.15) is 0 Å². The monoisotopic (exact) mass is 357 g/mol. The molecule has 0 unspecified atom stereocenters. The van der Waals surface area contributed by atoms with E-state index in [2.05, 4.69) is 5.32 Å². The molecule has 0 fully saturated rings. The molecule has 2 N–H and O–H groups in total. The predicted octanol–water partition coefficient (Wildman–Crippen LogP) is 2.62. The Hall–Kier alpha value is -2.37. The fourth-order valence-corrected chi connectivity index (χ4v) is 2.33. The van der Waals surface area contributed by atoms with E-state index in [1.165, 1.54) is 0 Å². The number of nitrogens with one attached hydrogen (secondary N) is 1. The minimum atomic E-state index is -0.578. The lowest BCUT2D eigenvalue weighted by molar-refractivity contribution is -0.118. The summed E-state index contributed by atoms with van der Waals surface area (Å²) in [5.74, 6) is 1.75. The summed E-state index contributed by atoms with van der Waals surface area (Å²) in [5, 5.41) is 13.0. The van der Waals surface area contributed by atoms with Gasteiger partial charge in [-0.05, 0) is 29.8 Å². The number of benzene rings is 2. The topological polar surface area (TPSA) is 67.8 Å². The molecule has 0 amide bonds. The molecule has 2 aromatic carbocycles. The lowest BCUT2D eigenvalue weighted by atomic mass is 10.1. The van der Waals surface area contributed by atoms with Crippen LogP contribution in [0.15, 0.2) is 54.6 Å². The molecule has 0 heterocycles. The number of ketones is 1. The van der Waals surface area contributed by atoms with E-state index in [0.29, 0.717) is 32.5 Å². The lowest BCUT2D eigenvalue weighted by Crippen LogP contribution is -2.33. The summed E-state index contributed by atoms with van der Waals surface area (Å²) in [6.45, 7) is 3.68. The molecule has 0 saturated carbocycles. The first-order valence-electron chi connectivity index (χ1n) is 8.97. The zero-order valence-electron chi connectivity index (χ0n) is 15.2. The molecule has 26 heavy (non-hydrogen) atoms. The number of Topliss-reactive ketones (excluding diaryl/α,β-unsaturated/α-hetero) is 1. The molecule has 0 aliphatic rings. The summed E-state index contributed by atoms with van der Waals surface area (Å²) in [6, 6.07) is 17.0. The molecule has 0 aliphatic carbocycles. The van der Waals surface area contributed by atoms with Crippen LogP contribution in [0.3, 0.4) is 0 Å². The Balaban J connectivity index is 1.56. The van der Waals surface area contributed by atoms with E-state index in [4.69, 9.17) is 9.47 Å². The van der Waals surface area contributed by atoms with E-state index in [0.717, 1.165) is 17.1 Å². The maximum absolute atomic E-state index is 11.4. The third-order valence-electron chi connectivity index (χ3n) is 3.83. The van der Waals surface area contributed by atoms with Gasteiger partial charge in [0.05, 0.1) is 0 Å². The first-order chi connectivity index (χ1) is 12.7. The molecule has 2 aromatic rings. The molecular formula is C21H27NO4. The summed E-state index contributed by atoms with van der Waals surface area (Å²) in [6.07, 6.45) is 0.457. The third kappa shape index (κ3) is 7.68. The molecule has 0 aliphatic heterocycles. The van der Waals surface area contributed by atoms with E-state index in [1.807, 2.05) is 61.5 Å². The average Bonchev–Trinajstić information content (AvgIpc) is 2.68. The van der Waals surface area contributed by atoms with Gasteiger partial charge in [0.1, 0.15) is 36.6 Å². The summed E-state index contributed by atoms with van der Waals surface area (Å²) in [5.41, 5.74) is 1.00. The summed E-state index contributed by atoms with van der Waals surface area (Å²) in [4.78, 5) is 11.4. The van der Waals surface area contributed by atoms with E-state index in [9.17, 15) is 9.90 Å². The molecule has 5 nitrogen and oxygen atoms in total. The van der Waals surface area contributed by atoms with Gasteiger partial charge < -0.3 is 19.9 Å². The van der Waals surface area contributed by atoms with Gasteiger partial charge in [0.15, 0.2) is 0 Å². The van der Waals surface area contributed by atoms with Crippen molar-refractivity contribution >= 4 is 5.78 Å². The highest BCUT2D eigenvalue weighted by molar-refractivity contribution is 5.80. The van der Waals surface area contributed by atoms with Crippen LogP contribution in [0.4, 0.5) is 0 Å². The summed E-state index contributed by atoms with van der Waals surface area (Å²) < 4.78 is 11.1. The van der Waals surface area contributed by atoms with Gasteiger partial charge in [-0.15, -0.1) is 0 Å². The van der Waals surface area contributed by atoms with Crippen LogP contribution in [0, 0.1) is 0 Å². The number of hydrogen-bond acceptors (Lipinski definition) is 5. The Kier molecular flexibility index (Phi) is 8.66. The smallest absolute Gasteiger partial charge is 0.136 e. The van der Waals surface area contributed by atoms with Crippen molar-refractivity contribution in [1.29, 1.82) is 0 Å². The Bertz CT molecular complexity index is 643. The zero-order valence-corrected chi connectivity index (χ0v) is 15.2. The summed E-state index contributed by atoms with van der Waals surface area (Å²) in [7, 11) is 0. The van der Waals surface area contributed by atoms with Crippen molar-refractivity contribution in [1.82, 2.24) is 5.32 Å². The minimum Gasteiger partial charge on any atom is -0.492 e. The first-order valence-corrected chi connectivity index (χ1v) is 8.97. The largest absolute Gasteiger partial charge is 0.492 e. The molecule has 2 rings (SSSR count). The van der Waals surface area contributed by atoms with Crippen LogP contribution in [0.25, 0.3) is 0 Å². The highest BCUT2D eigenvalue weighted by Gasteiger charge is 2.05. The second-order valence-corrected chi connectivity index (χ2v) is 6.04. The molecule has 1 atom stereocenters. The molecule has 0 aromatic heterocycles. The van der Waals surface area contributed by atoms with Crippen LogP contribution in [0.1, 0.15) is 18.9 Å². The van der Waals surface area contributed by atoms with Crippen LogP contribution in [0.5, 0.6) is 11.5 Å². The maximum atomic E-state index is 11.4. The van der Waals surface area contributed by atoms with Gasteiger partial charge in [-0.1, -0.05) is 37.3 Å². The van der Waals surface area contributed by atoms with E-state index < -0.39 is 6.10 Å². The number of para-hydroxylation sites is 1. The second-order valence-electron chi connectivity index (χ2n) is 6.04. The molecule has 140 valence electrons. The van der Waals surface area contributed by atoms with E-state index in [1.54, 1.807) is 0 Å². The van der Waals surface area contributed by atoms with Crippen molar-refractivity contribution in [3.63, 3.8) is 0 Å². The van der Waals surface area contributed by atoms with Gasteiger partial charge in [0, 0.05) is 25.9 Å². The fraction of sp³-hybridized carbons (Fsp3) is 0.381. The quantitative estimate of drug-likeness (QED) is 0.572. The third-order valence-corrected chi connectivity index (χ3v) is 3.83. The average molecular weight is 357 g/mol. The number of ether oxygens (including phenoxy) is 2. The minimum absolute atomic E-state index is 0.234. The van der Waals surface area contributed by atoms with Crippen LogP contribution in [-0.4, -0.2) is 43.3 Å². The van der Waals surface area contributed by atoms with Crippen molar-refractivity contribution in [2.24, 2.45) is 0 Å². The van der Waals surface area contributed by atoms with Crippen LogP contribution in [0.2, 0.25) is 0 Å². The van der Waals surface area contributed by atoms with Crippen LogP contribution >= 0.6 is 0 Å². The van der Waals surface area contributed by atoms with Gasteiger partial charge in [-0.3, -0.25) is 4.79 Å².